The van der Waals surface area contributed by atoms with Crippen molar-refractivity contribution in [1.82, 2.24) is 0 Å². The summed E-state index contributed by atoms with van der Waals surface area (Å²) >= 11 is 0. The first-order chi connectivity index (χ1) is 12.6. The molecule has 3 heteroatoms. The van der Waals surface area contributed by atoms with Crippen molar-refractivity contribution in [2.24, 2.45) is 52.0 Å². The van der Waals surface area contributed by atoms with Crippen LogP contribution in [0.15, 0.2) is 29.0 Å². The topological polar surface area (TPSA) is 41.8 Å². The lowest BCUT2D eigenvalue weighted by atomic mass is 9.47. The molecule has 140 valence electrons. The van der Waals surface area contributed by atoms with E-state index in [1.54, 1.807) is 5.57 Å². The molecule has 0 aromatic carbocycles. The van der Waals surface area contributed by atoms with Gasteiger partial charge in [0.1, 0.15) is 0 Å². The Labute approximate surface area is 156 Å². The molecule has 0 unspecified atom stereocenters. The Morgan fingerprint density at radius 2 is 2.15 bits per heavy atom. The first kappa shape index (κ1) is 15.9. The number of hydrogen-bond donors (Lipinski definition) is 1. The highest BCUT2D eigenvalue weighted by Crippen LogP contribution is 2.78. The fourth-order valence-electron chi connectivity index (χ4n) is 8.72. The van der Waals surface area contributed by atoms with E-state index < -0.39 is 0 Å². The van der Waals surface area contributed by atoms with Gasteiger partial charge in [0.25, 0.3) is 0 Å². The highest BCUT2D eigenvalue weighted by molar-refractivity contribution is 5.96. The molecule has 0 aromatic heterocycles. The lowest BCUT2D eigenvalue weighted by Crippen LogP contribution is -2.56. The number of oxime groups is 1. The Hall–Kier alpha value is -1.09. The largest absolute Gasteiger partial charge is 0.411 e. The minimum atomic E-state index is 0.0619. The van der Waals surface area contributed by atoms with E-state index in [-0.39, 0.29) is 5.60 Å². The second-order valence-electron chi connectivity index (χ2n) is 10.4. The number of nitrogens with zero attached hydrogens (tertiary/aromatic N) is 1. The molecule has 9 atom stereocenters. The molecule has 1 N–H and O–H groups in total. The van der Waals surface area contributed by atoms with Crippen molar-refractivity contribution in [2.75, 3.05) is 6.61 Å². The molecule has 6 rings (SSSR count). The Bertz CT molecular complexity index is 738. The van der Waals surface area contributed by atoms with Gasteiger partial charge in [0.05, 0.1) is 17.9 Å². The van der Waals surface area contributed by atoms with E-state index >= 15 is 0 Å². The predicted octanol–water partition coefficient (Wildman–Crippen LogP) is 4.82. The van der Waals surface area contributed by atoms with Crippen molar-refractivity contribution in [3.63, 3.8) is 0 Å². The Morgan fingerprint density at radius 1 is 1.27 bits per heavy atom. The maximum atomic E-state index is 9.22. The van der Waals surface area contributed by atoms with Crippen molar-refractivity contribution >= 4 is 5.71 Å². The second kappa shape index (κ2) is 5.04. The van der Waals surface area contributed by atoms with Crippen LogP contribution in [0.5, 0.6) is 0 Å². The average molecular weight is 354 g/mol. The first-order valence-corrected chi connectivity index (χ1v) is 10.8. The van der Waals surface area contributed by atoms with Crippen LogP contribution in [0.4, 0.5) is 0 Å². The fraction of sp³-hybridized carbons (Fsp3) is 0.783. The van der Waals surface area contributed by atoms with Gasteiger partial charge in [0, 0.05) is 5.41 Å². The van der Waals surface area contributed by atoms with Crippen LogP contribution in [0.25, 0.3) is 0 Å². The molecule has 26 heavy (non-hydrogen) atoms. The monoisotopic (exact) mass is 353 g/mol. The van der Waals surface area contributed by atoms with Crippen LogP contribution in [0.2, 0.25) is 0 Å². The van der Waals surface area contributed by atoms with Gasteiger partial charge >= 0.3 is 0 Å². The van der Waals surface area contributed by atoms with Crippen molar-refractivity contribution < 1.29 is 9.94 Å². The number of rotatable bonds is 0. The zero-order valence-corrected chi connectivity index (χ0v) is 16.0. The summed E-state index contributed by atoms with van der Waals surface area (Å²) in [7, 11) is 0. The van der Waals surface area contributed by atoms with Crippen LogP contribution < -0.4 is 0 Å². The van der Waals surface area contributed by atoms with Gasteiger partial charge in [-0.05, 0) is 86.0 Å². The molecule has 0 amide bonds. The van der Waals surface area contributed by atoms with Gasteiger partial charge in [-0.15, -0.1) is 0 Å². The zero-order valence-electron chi connectivity index (χ0n) is 16.0. The van der Waals surface area contributed by atoms with Gasteiger partial charge in [-0.25, -0.2) is 0 Å². The first-order valence-electron chi connectivity index (χ1n) is 10.8. The molecule has 0 saturated heterocycles. The molecule has 6 aliphatic rings. The van der Waals surface area contributed by atoms with Crippen LogP contribution in [0, 0.1) is 46.8 Å². The molecular formula is C23H31NO2. The highest BCUT2D eigenvalue weighted by atomic mass is 16.5. The highest BCUT2D eigenvalue weighted by Gasteiger charge is 2.76. The molecule has 0 radical (unpaired) electrons. The fourth-order valence-corrected chi connectivity index (χ4v) is 8.72. The lowest BCUT2D eigenvalue weighted by molar-refractivity contribution is -0.138. The standard InChI is InChI=1S/C23H31NO2/c1-13-10-14-11-15(24-25)4-5-16(14)17-6-8-22(2)21(20(13)17)18-12-19(18)23(22)7-3-9-26-23/h3,7,11,13,16-21,25H,4-6,8-10,12H2,1-2H3/b24-15+/t13-,16-,17+,18-,19+,20+,21-,22-,23-/m0/s1. The molecule has 1 spiro atoms. The molecule has 1 aliphatic heterocycles. The smallest absolute Gasteiger partial charge is 0.0954 e. The van der Waals surface area contributed by atoms with Gasteiger partial charge < -0.3 is 9.94 Å². The summed E-state index contributed by atoms with van der Waals surface area (Å²) in [6.45, 7) is 5.90. The summed E-state index contributed by atoms with van der Waals surface area (Å²) in [6, 6.07) is 0. The van der Waals surface area contributed by atoms with Crippen LogP contribution in [0.1, 0.15) is 52.4 Å². The van der Waals surface area contributed by atoms with Crippen molar-refractivity contribution in [3.05, 3.63) is 23.8 Å². The molecule has 0 aromatic rings. The Morgan fingerprint density at radius 3 is 2.92 bits per heavy atom. The van der Waals surface area contributed by atoms with Crippen molar-refractivity contribution in [1.29, 1.82) is 0 Å². The quantitative estimate of drug-likeness (QED) is 0.385. The Balaban J connectivity index is 1.39. The molecule has 4 fully saturated rings. The van der Waals surface area contributed by atoms with Gasteiger partial charge in [-0.3, -0.25) is 0 Å². The molecule has 5 aliphatic carbocycles. The van der Waals surface area contributed by atoms with Gasteiger partial charge in [-0.2, -0.15) is 0 Å². The minimum Gasteiger partial charge on any atom is -0.411 e. The van der Waals surface area contributed by atoms with Crippen LogP contribution >= 0.6 is 0 Å². The van der Waals surface area contributed by atoms with Crippen molar-refractivity contribution in [3.8, 4) is 0 Å². The summed E-state index contributed by atoms with van der Waals surface area (Å²) in [5, 5.41) is 12.7. The Kier molecular flexibility index (Phi) is 3.08. The maximum Gasteiger partial charge on any atom is 0.0954 e. The van der Waals surface area contributed by atoms with E-state index in [2.05, 4.69) is 37.2 Å². The number of ether oxygens (including phenoxy) is 1. The maximum absolute atomic E-state index is 9.22. The summed E-state index contributed by atoms with van der Waals surface area (Å²) in [4.78, 5) is 0. The van der Waals surface area contributed by atoms with Gasteiger partial charge in [0.15, 0.2) is 0 Å². The third-order valence-corrected chi connectivity index (χ3v) is 9.57. The number of allylic oxidation sites excluding steroid dienone is 2. The normalized spacial score (nSPS) is 58.2. The third kappa shape index (κ3) is 1.72. The average Bonchev–Trinajstić information content (AvgIpc) is 3.21. The molecule has 3 nitrogen and oxygen atoms in total. The SMILES string of the molecule is C[C@H]1CC2=C/C(=N/O)CC[C@@H]2[C@H]2CC[C@@]3(C)[C@@H]([C@H]4C[C@H]4[C@@]34C=CCO4)[C@@H]21. The zero-order chi connectivity index (χ0) is 17.7. The summed E-state index contributed by atoms with van der Waals surface area (Å²) in [5.74, 6) is 5.71. The molecule has 1 heterocycles. The predicted molar refractivity (Wildman–Crippen MR) is 101 cm³/mol. The summed E-state index contributed by atoms with van der Waals surface area (Å²) < 4.78 is 6.51. The number of hydrogen-bond acceptors (Lipinski definition) is 3. The number of fused-ring (bicyclic) bond motifs is 9. The van der Waals surface area contributed by atoms with E-state index in [4.69, 9.17) is 4.74 Å². The third-order valence-electron chi connectivity index (χ3n) is 9.57. The van der Waals surface area contributed by atoms with Gasteiger partial charge in [0.2, 0.25) is 0 Å². The van der Waals surface area contributed by atoms with Crippen LogP contribution in [0.3, 0.4) is 0 Å². The second-order valence-corrected chi connectivity index (χ2v) is 10.4. The van der Waals surface area contributed by atoms with E-state index in [0.717, 1.165) is 60.2 Å². The van der Waals surface area contributed by atoms with Crippen LogP contribution in [-0.4, -0.2) is 23.1 Å². The van der Waals surface area contributed by atoms with E-state index in [0.29, 0.717) is 5.41 Å². The summed E-state index contributed by atoms with van der Waals surface area (Å²) in [5.41, 5.74) is 2.89. The van der Waals surface area contributed by atoms with E-state index in [9.17, 15) is 5.21 Å². The van der Waals surface area contributed by atoms with Crippen LogP contribution in [-0.2, 0) is 4.74 Å². The lowest BCUT2D eigenvalue weighted by Gasteiger charge is -2.59. The molecule has 4 saturated carbocycles. The summed E-state index contributed by atoms with van der Waals surface area (Å²) in [6.07, 6.45) is 14.4. The minimum absolute atomic E-state index is 0.0619. The van der Waals surface area contributed by atoms with E-state index in [1.807, 2.05) is 0 Å². The molecule has 0 bridgehead atoms. The van der Waals surface area contributed by atoms with Gasteiger partial charge in [-0.1, -0.05) is 36.7 Å². The van der Waals surface area contributed by atoms with Crippen molar-refractivity contribution in [2.45, 2.75) is 58.0 Å². The molecular weight excluding hydrogens is 322 g/mol. The van der Waals surface area contributed by atoms with E-state index in [1.165, 1.54) is 32.1 Å².